The fourth-order valence-electron chi connectivity index (χ4n) is 3.34. The maximum atomic E-state index is 13.6. The van der Waals surface area contributed by atoms with Crippen LogP contribution in [-0.2, 0) is 14.8 Å². The molecule has 1 amide bonds. The molecule has 0 fully saturated rings. The molecule has 1 N–H and O–H groups in total. The van der Waals surface area contributed by atoms with Gasteiger partial charge in [0.1, 0.15) is 11.5 Å². The van der Waals surface area contributed by atoms with Crippen LogP contribution in [0, 0.1) is 12.8 Å². The van der Waals surface area contributed by atoms with Gasteiger partial charge in [0.15, 0.2) is 10.4 Å². The first kappa shape index (κ1) is 25.3. The topological polar surface area (TPSA) is 111 Å². The number of hydrogen-bond acceptors (Lipinski definition) is 9. The highest BCUT2D eigenvalue weighted by Crippen LogP contribution is 2.38. The van der Waals surface area contributed by atoms with Crippen LogP contribution in [0.3, 0.4) is 0 Å². The Balaban J connectivity index is 1.59. The minimum absolute atomic E-state index is 0.0850. The summed E-state index contributed by atoms with van der Waals surface area (Å²) in [6, 6.07) is 11.3. The zero-order chi connectivity index (χ0) is 25.2. The van der Waals surface area contributed by atoms with E-state index in [4.69, 9.17) is 9.47 Å². The van der Waals surface area contributed by atoms with Gasteiger partial charge in [-0.15, -0.1) is 10.2 Å². The molecule has 0 bridgehead atoms. The number of thioether (sulfide) groups is 1. The predicted octanol–water partition coefficient (Wildman–Crippen LogP) is 4.20. The van der Waals surface area contributed by atoms with E-state index in [2.05, 4.69) is 29.4 Å². The minimum Gasteiger partial charge on any atom is -0.497 e. The van der Waals surface area contributed by atoms with Gasteiger partial charge in [0.05, 0.1) is 24.2 Å². The van der Waals surface area contributed by atoms with Crippen molar-refractivity contribution in [2.24, 2.45) is 5.92 Å². The van der Waals surface area contributed by atoms with Crippen LogP contribution in [0.1, 0.15) is 19.4 Å². The van der Waals surface area contributed by atoms with Crippen molar-refractivity contribution in [1.82, 2.24) is 10.2 Å². The van der Waals surface area contributed by atoms with E-state index in [1.54, 1.807) is 42.1 Å². The SMILES string of the molecule is COc1ccc(S(=O)(=O)N2C[C@@H](C(=O)Nc3nnc(SCC(C)C)s3)Oc3cc(C)ccc32)cc1. The number of sulfonamides is 1. The van der Waals surface area contributed by atoms with E-state index in [9.17, 15) is 13.2 Å². The molecule has 1 atom stereocenters. The van der Waals surface area contributed by atoms with E-state index in [1.807, 2.05) is 6.92 Å². The smallest absolute Gasteiger partial charge is 0.269 e. The van der Waals surface area contributed by atoms with Gasteiger partial charge in [-0.2, -0.15) is 0 Å². The Kier molecular flexibility index (Phi) is 7.53. The molecule has 2 aromatic carbocycles. The first-order valence-corrected chi connectivity index (χ1v) is 14.1. The van der Waals surface area contributed by atoms with Gasteiger partial charge in [-0.1, -0.05) is 43.0 Å². The summed E-state index contributed by atoms with van der Waals surface area (Å²) in [7, 11) is -2.46. The van der Waals surface area contributed by atoms with Crippen molar-refractivity contribution in [2.45, 2.75) is 36.1 Å². The molecule has 1 aromatic heterocycles. The molecule has 1 aliphatic rings. The van der Waals surface area contributed by atoms with Gasteiger partial charge in [-0.3, -0.25) is 14.4 Å². The Morgan fingerprint density at radius 1 is 1.26 bits per heavy atom. The van der Waals surface area contributed by atoms with Gasteiger partial charge in [0.25, 0.3) is 15.9 Å². The molecule has 0 unspecified atom stereocenters. The number of hydrogen-bond donors (Lipinski definition) is 1. The van der Waals surface area contributed by atoms with Crippen molar-refractivity contribution in [3.8, 4) is 11.5 Å². The van der Waals surface area contributed by atoms with Gasteiger partial charge in [0, 0.05) is 5.75 Å². The molecule has 3 aromatic rings. The standard InChI is InChI=1S/C23H26N4O5S3/c1-14(2)13-33-23-26-25-22(34-23)24-21(28)20-12-27(18-10-5-15(3)11-19(18)32-20)35(29,30)17-8-6-16(31-4)7-9-17/h5-11,14,20H,12-13H2,1-4H3,(H,24,25,28)/t20-/m0/s1. The number of fused-ring (bicyclic) bond motifs is 1. The number of nitrogens with zero attached hydrogens (tertiary/aromatic N) is 3. The zero-order valence-electron chi connectivity index (χ0n) is 19.7. The summed E-state index contributed by atoms with van der Waals surface area (Å²) in [5, 5.41) is 11.2. The number of carbonyl (C=O) groups excluding carboxylic acids is 1. The average Bonchev–Trinajstić information content (AvgIpc) is 3.29. The van der Waals surface area contributed by atoms with Crippen LogP contribution in [0.5, 0.6) is 11.5 Å². The fourth-order valence-corrected chi connectivity index (χ4v) is 6.55. The summed E-state index contributed by atoms with van der Waals surface area (Å²) < 4.78 is 40.2. The molecule has 186 valence electrons. The van der Waals surface area contributed by atoms with E-state index in [1.165, 1.54) is 34.9 Å². The van der Waals surface area contributed by atoms with Crippen molar-refractivity contribution < 1.29 is 22.7 Å². The summed E-state index contributed by atoms with van der Waals surface area (Å²) in [5.41, 5.74) is 1.25. The lowest BCUT2D eigenvalue weighted by Crippen LogP contribution is -2.48. The van der Waals surface area contributed by atoms with Crippen LogP contribution in [0.2, 0.25) is 0 Å². The lowest BCUT2D eigenvalue weighted by atomic mass is 10.1. The molecule has 0 saturated carbocycles. The first-order chi connectivity index (χ1) is 16.7. The number of nitrogens with one attached hydrogen (secondary N) is 1. The van der Waals surface area contributed by atoms with E-state index in [0.29, 0.717) is 28.2 Å². The molecule has 0 saturated heterocycles. The van der Waals surface area contributed by atoms with Crippen molar-refractivity contribution in [3.63, 3.8) is 0 Å². The molecular weight excluding hydrogens is 508 g/mol. The van der Waals surface area contributed by atoms with Crippen LogP contribution >= 0.6 is 23.1 Å². The monoisotopic (exact) mass is 534 g/mol. The number of carbonyl (C=O) groups is 1. The lowest BCUT2D eigenvalue weighted by Gasteiger charge is -2.34. The Morgan fingerprint density at radius 2 is 2.00 bits per heavy atom. The van der Waals surface area contributed by atoms with E-state index < -0.39 is 22.0 Å². The van der Waals surface area contributed by atoms with E-state index >= 15 is 0 Å². The van der Waals surface area contributed by atoms with Crippen molar-refractivity contribution in [2.75, 3.05) is 29.0 Å². The zero-order valence-corrected chi connectivity index (χ0v) is 22.2. The largest absolute Gasteiger partial charge is 0.497 e. The summed E-state index contributed by atoms with van der Waals surface area (Å²) >= 11 is 2.85. The lowest BCUT2D eigenvalue weighted by molar-refractivity contribution is -0.122. The quantitative estimate of drug-likeness (QED) is 0.338. The second kappa shape index (κ2) is 10.4. The molecular formula is C23H26N4O5S3. The number of aromatic nitrogens is 2. The van der Waals surface area contributed by atoms with Crippen molar-refractivity contribution in [1.29, 1.82) is 0 Å². The maximum Gasteiger partial charge on any atom is 0.269 e. The van der Waals surface area contributed by atoms with Crippen LogP contribution in [0.4, 0.5) is 10.8 Å². The van der Waals surface area contributed by atoms with Gasteiger partial charge in [-0.05, 0) is 54.8 Å². The second-order valence-corrected chi connectivity index (χ2v) is 12.5. The molecule has 0 spiro atoms. The third-order valence-corrected chi connectivity index (χ3v) is 9.29. The highest BCUT2D eigenvalue weighted by atomic mass is 32.2. The number of amides is 1. The number of rotatable bonds is 8. The van der Waals surface area contributed by atoms with Crippen LogP contribution in [0.15, 0.2) is 51.7 Å². The molecule has 0 radical (unpaired) electrons. The number of aryl methyl sites for hydroxylation is 1. The van der Waals surface area contributed by atoms with E-state index in [-0.39, 0.29) is 11.4 Å². The third-order valence-electron chi connectivity index (χ3n) is 5.10. The average molecular weight is 535 g/mol. The molecule has 1 aliphatic heterocycles. The summed E-state index contributed by atoms with van der Waals surface area (Å²) in [6.07, 6.45) is -1.08. The Labute approximate surface area is 212 Å². The highest BCUT2D eigenvalue weighted by molar-refractivity contribution is 8.01. The molecule has 2 heterocycles. The second-order valence-electron chi connectivity index (χ2n) is 8.36. The van der Waals surface area contributed by atoms with Crippen LogP contribution < -0.4 is 19.1 Å². The third kappa shape index (κ3) is 5.71. The molecule has 0 aliphatic carbocycles. The number of benzene rings is 2. The Morgan fingerprint density at radius 3 is 2.69 bits per heavy atom. The molecule has 9 nitrogen and oxygen atoms in total. The Bertz CT molecular complexity index is 1310. The fraction of sp³-hybridized carbons (Fsp3) is 0.348. The van der Waals surface area contributed by atoms with Crippen molar-refractivity contribution >= 4 is 49.8 Å². The van der Waals surface area contributed by atoms with Crippen LogP contribution in [0.25, 0.3) is 0 Å². The van der Waals surface area contributed by atoms with E-state index in [0.717, 1.165) is 15.7 Å². The van der Waals surface area contributed by atoms with Gasteiger partial charge >= 0.3 is 0 Å². The number of ether oxygens (including phenoxy) is 2. The van der Waals surface area contributed by atoms with Gasteiger partial charge in [-0.25, -0.2) is 8.42 Å². The van der Waals surface area contributed by atoms with Crippen LogP contribution in [-0.4, -0.2) is 50.0 Å². The number of methoxy groups -OCH3 is 1. The molecule has 35 heavy (non-hydrogen) atoms. The first-order valence-electron chi connectivity index (χ1n) is 10.9. The summed E-state index contributed by atoms with van der Waals surface area (Å²) in [5.74, 6) is 1.76. The van der Waals surface area contributed by atoms with Gasteiger partial charge < -0.3 is 9.47 Å². The van der Waals surface area contributed by atoms with Gasteiger partial charge in [0.2, 0.25) is 5.13 Å². The summed E-state index contributed by atoms with van der Waals surface area (Å²) in [4.78, 5) is 13.2. The summed E-state index contributed by atoms with van der Waals surface area (Å²) in [6.45, 7) is 5.90. The predicted molar refractivity (Wildman–Crippen MR) is 137 cm³/mol. The maximum absolute atomic E-state index is 13.6. The normalized spacial score (nSPS) is 15.5. The molecule has 4 rings (SSSR count). The minimum atomic E-state index is -3.97. The molecule has 12 heteroatoms. The van der Waals surface area contributed by atoms with Crippen molar-refractivity contribution in [3.05, 3.63) is 48.0 Å². The Hall–Kier alpha value is -2.83. The highest BCUT2D eigenvalue weighted by Gasteiger charge is 2.38. The number of anilines is 2.